The van der Waals surface area contributed by atoms with Gasteiger partial charge < -0.3 is 15.0 Å². The number of carbonyl (C=O) groups excluding carboxylic acids is 1. The fourth-order valence-corrected chi connectivity index (χ4v) is 6.78. The molecule has 2 N–H and O–H groups in total. The van der Waals surface area contributed by atoms with Gasteiger partial charge in [0.25, 0.3) is 0 Å². The van der Waals surface area contributed by atoms with E-state index >= 15 is 0 Å². The monoisotopic (exact) mass is 531 g/mol. The summed E-state index contributed by atoms with van der Waals surface area (Å²) in [4.78, 5) is 15.6. The SMILES string of the molecule is CC(C)[C@]1(C(=O)N2Cc3cc(C(F)(F)F)ccc3C(NS(C)(=O)=O)C2)CC[C@@H](NC2CCOCC2)C1. The second kappa shape index (κ2) is 10.2. The number of carbonyl (C=O) groups is 1. The number of benzene rings is 1. The van der Waals surface area contributed by atoms with Crippen molar-refractivity contribution in [1.29, 1.82) is 0 Å². The quantitative estimate of drug-likeness (QED) is 0.586. The summed E-state index contributed by atoms with van der Waals surface area (Å²) >= 11 is 0. The second-order valence-electron chi connectivity index (χ2n) is 10.8. The lowest BCUT2D eigenvalue weighted by Gasteiger charge is -2.42. The topological polar surface area (TPSA) is 87.7 Å². The predicted molar refractivity (Wildman–Crippen MR) is 129 cm³/mol. The summed E-state index contributed by atoms with van der Waals surface area (Å²) in [5.41, 5.74) is -0.674. The number of fused-ring (bicyclic) bond motifs is 1. The maximum Gasteiger partial charge on any atom is 0.416 e. The van der Waals surface area contributed by atoms with Gasteiger partial charge in [0.05, 0.1) is 23.3 Å². The highest BCUT2D eigenvalue weighted by Crippen LogP contribution is 2.47. The van der Waals surface area contributed by atoms with Crippen molar-refractivity contribution in [2.45, 2.75) is 76.8 Å². The van der Waals surface area contributed by atoms with Crippen LogP contribution in [0.25, 0.3) is 0 Å². The van der Waals surface area contributed by atoms with Gasteiger partial charge in [-0.05, 0) is 61.3 Å². The van der Waals surface area contributed by atoms with Gasteiger partial charge in [-0.25, -0.2) is 13.1 Å². The highest BCUT2D eigenvalue weighted by molar-refractivity contribution is 7.88. The molecule has 1 unspecified atom stereocenters. The number of nitrogens with zero attached hydrogens (tertiary/aromatic N) is 1. The molecule has 0 radical (unpaired) electrons. The van der Waals surface area contributed by atoms with Crippen LogP contribution in [0.2, 0.25) is 0 Å². The minimum absolute atomic E-state index is 0.0204. The normalized spacial score (nSPS) is 27.9. The van der Waals surface area contributed by atoms with Crippen LogP contribution in [0.5, 0.6) is 0 Å². The van der Waals surface area contributed by atoms with Crippen LogP contribution < -0.4 is 10.0 Å². The number of amides is 1. The molecule has 36 heavy (non-hydrogen) atoms. The van der Waals surface area contributed by atoms with E-state index in [1.165, 1.54) is 6.07 Å². The van der Waals surface area contributed by atoms with Crippen LogP contribution >= 0.6 is 0 Å². The summed E-state index contributed by atoms with van der Waals surface area (Å²) < 4.78 is 72.4. The van der Waals surface area contributed by atoms with Crippen molar-refractivity contribution in [3.63, 3.8) is 0 Å². The van der Waals surface area contributed by atoms with E-state index in [1.807, 2.05) is 13.8 Å². The molecule has 11 heteroatoms. The van der Waals surface area contributed by atoms with Gasteiger partial charge in [0.15, 0.2) is 0 Å². The maximum atomic E-state index is 14.1. The Morgan fingerprint density at radius 1 is 1.17 bits per heavy atom. The Bertz CT molecular complexity index is 1070. The Labute approximate surface area is 211 Å². The third-order valence-electron chi connectivity index (χ3n) is 8.03. The van der Waals surface area contributed by atoms with Crippen molar-refractivity contribution in [3.05, 3.63) is 34.9 Å². The van der Waals surface area contributed by atoms with Crippen LogP contribution in [-0.2, 0) is 32.3 Å². The van der Waals surface area contributed by atoms with E-state index < -0.39 is 33.2 Å². The van der Waals surface area contributed by atoms with Crippen LogP contribution in [0, 0.1) is 11.3 Å². The van der Waals surface area contributed by atoms with Crippen LogP contribution in [0.3, 0.4) is 0 Å². The molecule has 2 heterocycles. The third kappa shape index (κ3) is 5.89. The summed E-state index contributed by atoms with van der Waals surface area (Å²) in [5.74, 6) is -0.0900. The van der Waals surface area contributed by atoms with Gasteiger partial charge >= 0.3 is 6.18 Å². The summed E-state index contributed by atoms with van der Waals surface area (Å²) in [6, 6.07) is 3.05. The molecule has 2 aliphatic heterocycles. The van der Waals surface area contributed by atoms with Crippen LogP contribution in [0.15, 0.2) is 18.2 Å². The first-order valence-corrected chi connectivity index (χ1v) is 14.5. The van der Waals surface area contributed by atoms with E-state index in [2.05, 4.69) is 10.0 Å². The first-order valence-electron chi connectivity index (χ1n) is 12.6. The first-order chi connectivity index (χ1) is 16.8. The lowest BCUT2D eigenvalue weighted by Crippen LogP contribution is -2.51. The van der Waals surface area contributed by atoms with Gasteiger partial charge in [-0.3, -0.25) is 4.79 Å². The van der Waals surface area contributed by atoms with Gasteiger partial charge in [-0.15, -0.1) is 0 Å². The molecule has 1 aromatic carbocycles. The minimum atomic E-state index is -4.53. The number of nitrogens with one attached hydrogen (secondary N) is 2. The van der Waals surface area contributed by atoms with Gasteiger partial charge in [0.2, 0.25) is 15.9 Å². The van der Waals surface area contributed by atoms with Crippen LogP contribution in [0.4, 0.5) is 13.2 Å². The second-order valence-corrected chi connectivity index (χ2v) is 12.6. The number of sulfonamides is 1. The Morgan fingerprint density at radius 2 is 1.86 bits per heavy atom. The average molecular weight is 532 g/mol. The zero-order chi connectivity index (χ0) is 26.3. The molecule has 1 aromatic rings. The number of rotatable bonds is 6. The summed E-state index contributed by atoms with van der Waals surface area (Å²) in [5, 5.41) is 3.70. The van der Waals surface area contributed by atoms with Crippen molar-refractivity contribution in [2.75, 3.05) is 26.0 Å². The number of hydrogen-bond donors (Lipinski definition) is 2. The van der Waals surface area contributed by atoms with E-state index in [0.717, 1.165) is 50.9 Å². The molecule has 1 saturated carbocycles. The molecule has 1 saturated heterocycles. The largest absolute Gasteiger partial charge is 0.416 e. The zero-order valence-electron chi connectivity index (χ0n) is 21.0. The van der Waals surface area contributed by atoms with E-state index in [1.54, 1.807) is 4.90 Å². The number of alkyl halides is 3. The van der Waals surface area contributed by atoms with Crippen molar-refractivity contribution >= 4 is 15.9 Å². The summed E-state index contributed by atoms with van der Waals surface area (Å²) in [6.07, 6.45) is 0.517. The Balaban J connectivity index is 1.60. The van der Waals surface area contributed by atoms with Gasteiger partial charge in [-0.2, -0.15) is 13.2 Å². The molecule has 2 fully saturated rings. The summed E-state index contributed by atoms with van der Waals surface area (Å²) in [7, 11) is -3.66. The van der Waals surface area contributed by atoms with E-state index in [9.17, 15) is 26.4 Å². The molecule has 4 rings (SSSR count). The lowest BCUT2D eigenvalue weighted by atomic mass is 9.73. The van der Waals surface area contributed by atoms with E-state index in [4.69, 9.17) is 4.74 Å². The highest BCUT2D eigenvalue weighted by atomic mass is 32.2. The fourth-order valence-electron chi connectivity index (χ4n) is 6.06. The molecule has 0 aromatic heterocycles. The molecule has 3 aliphatic rings. The minimum Gasteiger partial charge on any atom is -0.381 e. The average Bonchev–Trinajstić information content (AvgIpc) is 3.22. The molecular formula is C25H36F3N3O4S. The lowest BCUT2D eigenvalue weighted by molar-refractivity contribution is -0.146. The number of halogens is 3. The van der Waals surface area contributed by atoms with Gasteiger partial charge in [0, 0.05) is 38.4 Å². The number of ether oxygens (including phenoxy) is 1. The maximum absolute atomic E-state index is 14.1. The number of hydrogen-bond acceptors (Lipinski definition) is 5. The Hall–Kier alpha value is -1.69. The third-order valence-corrected chi connectivity index (χ3v) is 8.74. The van der Waals surface area contributed by atoms with E-state index in [0.29, 0.717) is 30.0 Å². The molecule has 3 atom stereocenters. The first kappa shape index (κ1) is 27.3. The smallest absolute Gasteiger partial charge is 0.381 e. The van der Waals surface area contributed by atoms with Crippen molar-refractivity contribution in [2.24, 2.45) is 11.3 Å². The zero-order valence-corrected chi connectivity index (χ0v) is 21.8. The van der Waals surface area contributed by atoms with Crippen molar-refractivity contribution in [3.8, 4) is 0 Å². The fraction of sp³-hybridized carbons (Fsp3) is 0.720. The van der Waals surface area contributed by atoms with E-state index in [-0.39, 0.29) is 31.0 Å². The molecule has 1 aliphatic carbocycles. The van der Waals surface area contributed by atoms with Gasteiger partial charge in [0.1, 0.15) is 0 Å². The van der Waals surface area contributed by atoms with Crippen LogP contribution in [0.1, 0.15) is 68.7 Å². The predicted octanol–water partition coefficient (Wildman–Crippen LogP) is 3.60. The van der Waals surface area contributed by atoms with Crippen molar-refractivity contribution in [1.82, 2.24) is 14.9 Å². The summed E-state index contributed by atoms with van der Waals surface area (Å²) in [6.45, 7) is 5.57. The molecular weight excluding hydrogens is 495 g/mol. The van der Waals surface area contributed by atoms with Gasteiger partial charge in [-0.1, -0.05) is 19.9 Å². The standard InChI is InChI=1S/C25H36F3N3O4S/c1-16(2)24(9-6-20(13-24)29-19-7-10-35-11-8-19)23(32)31-14-17-12-18(25(26,27)28)4-5-21(17)22(15-31)30-36(3,33)34/h4-5,12,16,19-20,22,29-30H,6-11,13-15H2,1-3H3/t20-,22?,24+/m1/s1. The van der Waals surface area contributed by atoms with Crippen molar-refractivity contribution < 1.29 is 31.1 Å². The molecule has 1 amide bonds. The Kier molecular flexibility index (Phi) is 7.77. The highest BCUT2D eigenvalue weighted by Gasteiger charge is 2.50. The molecule has 0 bridgehead atoms. The molecule has 202 valence electrons. The molecule has 0 spiro atoms. The Morgan fingerprint density at radius 3 is 2.47 bits per heavy atom. The molecule has 7 nitrogen and oxygen atoms in total. The van der Waals surface area contributed by atoms with Crippen LogP contribution in [-0.4, -0.2) is 57.3 Å².